The molecule has 3 aromatic rings. The Morgan fingerprint density at radius 2 is 2.00 bits per heavy atom. The van der Waals surface area contributed by atoms with Gasteiger partial charge in [0, 0.05) is 22.6 Å². The number of thioether (sulfide) groups is 1. The van der Waals surface area contributed by atoms with Gasteiger partial charge in [-0.3, -0.25) is 14.5 Å². The van der Waals surface area contributed by atoms with Gasteiger partial charge >= 0.3 is 0 Å². The van der Waals surface area contributed by atoms with E-state index in [1.807, 2.05) is 47.8 Å². The number of anilines is 1. The normalized spacial score (nSPS) is 14.6. The minimum absolute atomic E-state index is 0.109. The first-order valence-corrected chi connectivity index (χ1v) is 12.5. The van der Waals surface area contributed by atoms with Gasteiger partial charge in [-0.1, -0.05) is 59.8 Å². The number of rotatable bonds is 8. The average molecular weight is 497 g/mol. The summed E-state index contributed by atoms with van der Waals surface area (Å²) >= 11 is 9.31. The van der Waals surface area contributed by atoms with Crippen molar-refractivity contribution in [1.29, 1.82) is 0 Å². The zero-order valence-electron chi connectivity index (χ0n) is 17.9. The van der Waals surface area contributed by atoms with Crippen LogP contribution in [0.2, 0.25) is 5.02 Å². The topological polar surface area (TPSA) is 59.0 Å². The minimum Gasteiger partial charge on any atom is -0.495 e. The van der Waals surface area contributed by atoms with Crippen molar-refractivity contribution in [2.24, 2.45) is 4.99 Å². The number of halogens is 1. The zero-order chi connectivity index (χ0) is 23.2. The third kappa shape index (κ3) is 5.55. The smallest absolute Gasteiger partial charge is 0.283 e. The number of ether oxygens (including phenoxy) is 1. The molecule has 0 fully saturated rings. The first-order valence-electron chi connectivity index (χ1n) is 10.3. The van der Waals surface area contributed by atoms with Gasteiger partial charge in [-0.05, 0) is 42.1 Å². The molecule has 1 amide bonds. The van der Waals surface area contributed by atoms with Crippen molar-refractivity contribution < 1.29 is 14.3 Å². The van der Waals surface area contributed by atoms with Crippen molar-refractivity contribution in [1.82, 2.24) is 0 Å². The fourth-order valence-corrected chi connectivity index (χ4v) is 5.14. The highest BCUT2D eigenvalue weighted by Gasteiger charge is 2.32. The Balaban J connectivity index is 1.50. The molecular formula is C25H21ClN2O3S2. The molecule has 168 valence electrons. The highest BCUT2D eigenvalue weighted by atomic mass is 35.5. The van der Waals surface area contributed by atoms with E-state index in [0.29, 0.717) is 51.5 Å². The Kier molecular flexibility index (Phi) is 7.65. The third-order valence-corrected chi connectivity index (χ3v) is 7.06. The molecule has 2 heterocycles. The second-order valence-electron chi connectivity index (χ2n) is 7.14. The lowest BCUT2D eigenvalue weighted by Crippen LogP contribution is -2.30. The summed E-state index contributed by atoms with van der Waals surface area (Å²) < 4.78 is 5.23. The average Bonchev–Trinajstić information content (AvgIpc) is 3.45. The molecule has 5 nitrogen and oxygen atoms in total. The van der Waals surface area contributed by atoms with Crippen molar-refractivity contribution in [3.63, 3.8) is 0 Å². The Bertz CT molecular complexity index is 1210. The van der Waals surface area contributed by atoms with Crippen molar-refractivity contribution in [2.45, 2.75) is 12.8 Å². The van der Waals surface area contributed by atoms with Gasteiger partial charge in [-0.15, -0.1) is 11.3 Å². The van der Waals surface area contributed by atoms with Crippen LogP contribution in [0.4, 0.5) is 5.69 Å². The molecule has 1 aliphatic rings. The van der Waals surface area contributed by atoms with Crippen molar-refractivity contribution in [3.8, 4) is 5.75 Å². The monoisotopic (exact) mass is 496 g/mol. The van der Waals surface area contributed by atoms with Crippen LogP contribution in [0.15, 0.2) is 76.7 Å². The van der Waals surface area contributed by atoms with E-state index in [4.69, 9.17) is 16.3 Å². The van der Waals surface area contributed by atoms with Gasteiger partial charge in [-0.2, -0.15) is 0 Å². The van der Waals surface area contributed by atoms with Gasteiger partial charge in [0.15, 0.2) is 11.0 Å². The summed E-state index contributed by atoms with van der Waals surface area (Å²) in [4.78, 5) is 32.7. The van der Waals surface area contributed by atoms with E-state index < -0.39 is 0 Å². The number of aliphatic imine (C=N–C) groups is 1. The van der Waals surface area contributed by atoms with E-state index in [1.54, 1.807) is 47.6 Å². The summed E-state index contributed by atoms with van der Waals surface area (Å²) in [6, 6.07) is 18.3. The number of thiophene rings is 1. The van der Waals surface area contributed by atoms with Crippen LogP contribution in [0.5, 0.6) is 5.75 Å². The SMILES string of the molecule is COc1ccc(N2C(=O)/C(=C\c3cccs3)N=C2SCCCC(=O)c2ccccc2)cc1Cl. The number of methoxy groups -OCH3 is 1. The maximum Gasteiger partial charge on any atom is 0.283 e. The molecule has 2 aromatic carbocycles. The lowest BCUT2D eigenvalue weighted by molar-refractivity contribution is -0.113. The standard InChI is InChI=1S/C25H21ClN2O3S2/c1-31-23-12-11-18(15-20(23)26)28-24(30)21(16-19-9-5-13-32-19)27-25(28)33-14-6-10-22(29)17-7-3-2-4-8-17/h2-5,7-9,11-13,15-16H,6,10,14H2,1H3/b21-16+. The van der Waals surface area contributed by atoms with Crippen LogP contribution in [0, 0.1) is 0 Å². The predicted molar refractivity (Wildman–Crippen MR) is 138 cm³/mol. The maximum absolute atomic E-state index is 13.2. The molecule has 0 N–H and O–H groups in total. The quantitative estimate of drug-likeness (QED) is 0.201. The molecule has 33 heavy (non-hydrogen) atoms. The molecule has 0 spiro atoms. The van der Waals surface area contributed by atoms with Gasteiger partial charge in [0.1, 0.15) is 11.4 Å². The van der Waals surface area contributed by atoms with E-state index in [9.17, 15) is 9.59 Å². The Morgan fingerprint density at radius 3 is 2.70 bits per heavy atom. The first-order chi connectivity index (χ1) is 16.1. The van der Waals surface area contributed by atoms with Gasteiger partial charge in [0.25, 0.3) is 5.91 Å². The number of amides is 1. The molecule has 1 aliphatic heterocycles. The fraction of sp³-hybridized carbons (Fsp3) is 0.160. The number of Topliss-reactive ketones (excluding diaryl/α,β-unsaturated/α-hetero) is 1. The van der Waals surface area contributed by atoms with Crippen LogP contribution in [0.3, 0.4) is 0 Å². The first kappa shape index (κ1) is 23.3. The van der Waals surface area contributed by atoms with Crippen molar-refractivity contribution >= 4 is 63.3 Å². The minimum atomic E-state index is -0.215. The number of nitrogens with zero attached hydrogens (tertiary/aromatic N) is 2. The van der Waals surface area contributed by atoms with E-state index in [1.165, 1.54) is 11.8 Å². The molecule has 8 heteroatoms. The highest BCUT2D eigenvalue weighted by Crippen LogP contribution is 2.34. The van der Waals surface area contributed by atoms with Gasteiger partial charge in [0.2, 0.25) is 0 Å². The highest BCUT2D eigenvalue weighted by molar-refractivity contribution is 8.14. The number of carbonyl (C=O) groups excluding carboxylic acids is 2. The number of benzene rings is 2. The molecule has 0 saturated heterocycles. The number of hydrogen-bond donors (Lipinski definition) is 0. The zero-order valence-corrected chi connectivity index (χ0v) is 20.3. The van der Waals surface area contributed by atoms with Crippen LogP contribution in [-0.2, 0) is 4.79 Å². The molecule has 0 atom stereocenters. The molecule has 0 unspecified atom stereocenters. The Morgan fingerprint density at radius 1 is 1.18 bits per heavy atom. The maximum atomic E-state index is 13.2. The lowest BCUT2D eigenvalue weighted by atomic mass is 10.1. The Hall–Kier alpha value is -2.87. The fourth-order valence-electron chi connectivity index (χ4n) is 3.29. The van der Waals surface area contributed by atoms with Gasteiger partial charge < -0.3 is 4.74 Å². The molecule has 0 saturated carbocycles. The lowest BCUT2D eigenvalue weighted by Gasteiger charge is -2.18. The molecule has 0 aliphatic carbocycles. The summed E-state index contributed by atoms with van der Waals surface area (Å²) in [6.07, 6.45) is 2.90. The second kappa shape index (κ2) is 10.8. The summed E-state index contributed by atoms with van der Waals surface area (Å²) in [5.74, 6) is 1.08. The van der Waals surface area contributed by atoms with Crippen LogP contribution >= 0.6 is 34.7 Å². The number of carbonyl (C=O) groups is 2. The van der Waals surface area contributed by atoms with Crippen LogP contribution < -0.4 is 9.64 Å². The summed E-state index contributed by atoms with van der Waals surface area (Å²) in [7, 11) is 1.54. The molecule has 0 bridgehead atoms. The molecule has 1 aromatic heterocycles. The third-order valence-electron chi connectivity index (χ3n) is 4.92. The largest absolute Gasteiger partial charge is 0.495 e. The number of hydrogen-bond acceptors (Lipinski definition) is 6. The molecule has 4 rings (SSSR count). The summed E-state index contributed by atoms with van der Waals surface area (Å²) in [5.41, 5.74) is 1.70. The molecule has 0 radical (unpaired) electrons. The van der Waals surface area contributed by atoms with Gasteiger partial charge in [0.05, 0.1) is 17.8 Å². The summed E-state index contributed by atoms with van der Waals surface area (Å²) in [5, 5.41) is 2.93. The van der Waals surface area contributed by atoms with Crippen molar-refractivity contribution in [3.05, 3.63) is 87.2 Å². The summed E-state index contributed by atoms with van der Waals surface area (Å²) in [6.45, 7) is 0. The van der Waals surface area contributed by atoms with E-state index in [-0.39, 0.29) is 11.7 Å². The van der Waals surface area contributed by atoms with Crippen LogP contribution in [0.1, 0.15) is 28.1 Å². The van der Waals surface area contributed by atoms with E-state index in [0.717, 1.165) is 4.88 Å². The Labute approximate surface area is 205 Å². The van der Waals surface area contributed by atoms with Crippen LogP contribution in [-0.4, -0.2) is 29.7 Å². The van der Waals surface area contributed by atoms with E-state index in [2.05, 4.69) is 4.99 Å². The van der Waals surface area contributed by atoms with Gasteiger partial charge in [-0.25, -0.2) is 4.99 Å². The predicted octanol–water partition coefficient (Wildman–Crippen LogP) is 6.55. The second-order valence-corrected chi connectivity index (χ2v) is 9.59. The molecular weight excluding hydrogens is 476 g/mol. The number of amidine groups is 1. The number of ketones is 1. The van der Waals surface area contributed by atoms with Crippen molar-refractivity contribution in [2.75, 3.05) is 17.8 Å². The van der Waals surface area contributed by atoms with Crippen LogP contribution in [0.25, 0.3) is 6.08 Å². The van der Waals surface area contributed by atoms with E-state index >= 15 is 0 Å².